The Hall–Kier alpha value is -0.0800. The van der Waals surface area contributed by atoms with E-state index >= 15 is 0 Å². The highest BCUT2D eigenvalue weighted by Gasteiger charge is 2.38. The molecule has 15 heavy (non-hydrogen) atoms. The van der Waals surface area contributed by atoms with E-state index in [4.69, 9.17) is 5.73 Å². The van der Waals surface area contributed by atoms with Gasteiger partial charge < -0.3 is 5.73 Å². The first kappa shape index (κ1) is 11.4. The first-order valence-electron chi connectivity index (χ1n) is 6.70. The molecule has 0 aromatic carbocycles. The highest BCUT2D eigenvalue weighted by molar-refractivity contribution is 4.93. The van der Waals surface area contributed by atoms with Gasteiger partial charge in [-0.2, -0.15) is 0 Å². The van der Waals surface area contributed by atoms with Gasteiger partial charge in [0.2, 0.25) is 0 Å². The molecule has 0 saturated heterocycles. The highest BCUT2D eigenvalue weighted by Crippen LogP contribution is 2.39. The molecule has 2 saturated carbocycles. The molecule has 2 rings (SSSR count). The number of rotatable bonds is 5. The molecule has 3 atom stereocenters. The Kier molecular flexibility index (Phi) is 3.68. The summed E-state index contributed by atoms with van der Waals surface area (Å²) in [7, 11) is 2.34. The van der Waals surface area contributed by atoms with E-state index in [-0.39, 0.29) is 0 Å². The molecule has 0 bridgehead atoms. The summed E-state index contributed by atoms with van der Waals surface area (Å²) in [6, 6.07) is 1.61. The fraction of sp³-hybridized carbons (Fsp3) is 1.00. The molecule has 0 amide bonds. The van der Waals surface area contributed by atoms with Gasteiger partial charge >= 0.3 is 0 Å². The fourth-order valence-electron chi connectivity index (χ4n) is 3.51. The van der Waals surface area contributed by atoms with Gasteiger partial charge in [0.15, 0.2) is 0 Å². The normalized spacial score (nSPS) is 33.6. The molecule has 2 heteroatoms. The zero-order chi connectivity index (χ0) is 10.8. The fourth-order valence-corrected chi connectivity index (χ4v) is 3.51. The molecule has 0 aromatic heterocycles. The van der Waals surface area contributed by atoms with Crippen molar-refractivity contribution in [3.8, 4) is 0 Å². The van der Waals surface area contributed by atoms with E-state index < -0.39 is 0 Å². The van der Waals surface area contributed by atoms with E-state index in [1.807, 2.05) is 0 Å². The Bertz CT molecular complexity index is 201. The summed E-state index contributed by atoms with van der Waals surface area (Å²) in [5, 5.41) is 0. The van der Waals surface area contributed by atoms with Crippen LogP contribution < -0.4 is 5.73 Å². The second kappa shape index (κ2) is 4.84. The van der Waals surface area contributed by atoms with Crippen LogP contribution in [0.3, 0.4) is 0 Å². The van der Waals surface area contributed by atoms with Crippen LogP contribution >= 0.6 is 0 Å². The molecule has 2 aliphatic carbocycles. The van der Waals surface area contributed by atoms with E-state index in [2.05, 4.69) is 18.9 Å². The maximum atomic E-state index is 5.87. The lowest BCUT2D eigenvalue weighted by Crippen LogP contribution is -2.44. The van der Waals surface area contributed by atoms with Gasteiger partial charge in [-0.3, -0.25) is 4.90 Å². The zero-order valence-electron chi connectivity index (χ0n) is 10.3. The summed E-state index contributed by atoms with van der Waals surface area (Å²) in [5.41, 5.74) is 5.87. The Morgan fingerprint density at radius 3 is 2.53 bits per heavy atom. The molecular formula is C13H26N2. The van der Waals surface area contributed by atoms with Gasteiger partial charge in [0.1, 0.15) is 0 Å². The van der Waals surface area contributed by atoms with Gasteiger partial charge in [-0.15, -0.1) is 0 Å². The van der Waals surface area contributed by atoms with Crippen LogP contribution in [0.15, 0.2) is 0 Å². The van der Waals surface area contributed by atoms with Crippen LogP contribution in [0.25, 0.3) is 0 Å². The van der Waals surface area contributed by atoms with Crippen molar-refractivity contribution in [1.82, 2.24) is 4.90 Å². The van der Waals surface area contributed by atoms with Crippen molar-refractivity contribution >= 4 is 0 Å². The lowest BCUT2D eigenvalue weighted by molar-refractivity contribution is 0.124. The molecule has 3 unspecified atom stereocenters. The summed E-state index contributed by atoms with van der Waals surface area (Å²) < 4.78 is 0. The summed E-state index contributed by atoms with van der Waals surface area (Å²) in [4.78, 5) is 2.67. The minimum atomic E-state index is 0.766. The second-order valence-electron chi connectivity index (χ2n) is 5.47. The van der Waals surface area contributed by atoms with Crippen LogP contribution in [0.4, 0.5) is 0 Å². The molecule has 0 heterocycles. The number of hydrogen-bond acceptors (Lipinski definition) is 2. The number of hydrogen-bond donors (Lipinski definition) is 1. The molecule has 2 nitrogen and oxygen atoms in total. The van der Waals surface area contributed by atoms with E-state index in [9.17, 15) is 0 Å². The Labute approximate surface area is 94.2 Å². The second-order valence-corrected chi connectivity index (χ2v) is 5.47. The monoisotopic (exact) mass is 210 g/mol. The quantitative estimate of drug-likeness (QED) is 0.754. The van der Waals surface area contributed by atoms with E-state index in [1.165, 1.54) is 38.5 Å². The van der Waals surface area contributed by atoms with Gasteiger partial charge in [-0.25, -0.2) is 0 Å². The number of nitrogens with two attached hydrogens (primary N) is 1. The smallest absolute Gasteiger partial charge is 0.0136 e. The molecule has 0 spiro atoms. The van der Waals surface area contributed by atoms with Crippen molar-refractivity contribution < 1.29 is 0 Å². The van der Waals surface area contributed by atoms with Gasteiger partial charge in [-0.05, 0) is 57.5 Å². The average Bonchev–Trinajstić information content (AvgIpc) is 2.96. The van der Waals surface area contributed by atoms with Crippen LogP contribution in [0, 0.1) is 11.8 Å². The minimum absolute atomic E-state index is 0.766. The summed E-state index contributed by atoms with van der Waals surface area (Å²) in [5.74, 6) is 1.77. The highest BCUT2D eigenvalue weighted by atomic mass is 15.2. The predicted octanol–water partition coefficient (Wildman–Crippen LogP) is 2.23. The topological polar surface area (TPSA) is 29.3 Å². The maximum Gasteiger partial charge on any atom is 0.0136 e. The van der Waals surface area contributed by atoms with Crippen LogP contribution in [0.2, 0.25) is 0 Å². The van der Waals surface area contributed by atoms with Crippen molar-refractivity contribution in [2.75, 3.05) is 13.6 Å². The molecule has 2 fully saturated rings. The first-order valence-corrected chi connectivity index (χ1v) is 6.70. The van der Waals surface area contributed by atoms with Crippen molar-refractivity contribution in [1.29, 1.82) is 0 Å². The van der Waals surface area contributed by atoms with Crippen LogP contribution in [-0.4, -0.2) is 30.6 Å². The largest absolute Gasteiger partial charge is 0.330 e. The molecule has 2 N–H and O–H groups in total. The van der Waals surface area contributed by atoms with Crippen LogP contribution in [-0.2, 0) is 0 Å². The summed E-state index contributed by atoms with van der Waals surface area (Å²) in [6.45, 7) is 3.22. The summed E-state index contributed by atoms with van der Waals surface area (Å²) in [6.07, 6.45) is 8.35. The third-order valence-electron chi connectivity index (χ3n) is 4.55. The van der Waals surface area contributed by atoms with E-state index in [1.54, 1.807) is 0 Å². The minimum Gasteiger partial charge on any atom is -0.330 e. The SMILES string of the molecule is CCC(C1CC1)N(C)C1CCCC1CN. The number of nitrogens with zero attached hydrogens (tertiary/aromatic N) is 1. The van der Waals surface area contributed by atoms with Crippen molar-refractivity contribution in [3.63, 3.8) is 0 Å². The predicted molar refractivity (Wildman–Crippen MR) is 64.7 cm³/mol. The van der Waals surface area contributed by atoms with E-state index in [0.29, 0.717) is 0 Å². The molecule has 0 aliphatic heterocycles. The molecule has 0 radical (unpaired) electrons. The Morgan fingerprint density at radius 1 is 1.27 bits per heavy atom. The first-order chi connectivity index (χ1) is 7.27. The van der Waals surface area contributed by atoms with Gasteiger partial charge in [-0.1, -0.05) is 13.3 Å². The van der Waals surface area contributed by atoms with Crippen LogP contribution in [0.5, 0.6) is 0 Å². The molecule has 88 valence electrons. The van der Waals surface area contributed by atoms with Gasteiger partial charge in [0, 0.05) is 12.1 Å². The third-order valence-corrected chi connectivity index (χ3v) is 4.55. The third kappa shape index (κ3) is 2.36. The van der Waals surface area contributed by atoms with Crippen molar-refractivity contribution in [3.05, 3.63) is 0 Å². The average molecular weight is 210 g/mol. The molecular weight excluding hydrogens is 184 g/mol. The van der Waals surface area contributed by atoms with Crippen molar-refractivity contribution in [2.24, 2.45) is 17.6 Å². The van der Waals surface area contributed by atoms with Crippen LogP contribution in [0.1, 0.15) is 45.4 Å². The lowest BCUT2D eigenvalue weighted by Gasteiger charge is -2.35. The van der Waals surface area contributed by atoms with Crippen molar-refractivity contribution in [2.45, 2.75) is 57.5 Å². The lowest BCUT2D eigenvalue weighted by atomic mass is 9.98. The Morgan fingerprint density at radius 2 is 2.00 bits per heavy atom. The zero-order valence-corrected chi connectivity index (χ0v) is 10.3. The Balaban J connectivity index is 1.95. The molecule has 0 aromatic rings. The maximum absolute atomic E-state index is 5.87. The van der Waals surface area contributed by atoms with E-state index in [0.717, 1.165) is 30.5 Å². The summed E-state index contributed by atoms with van der Waals surface area (Å²) >= 11 is 0. The van der Waals surface area contributed by atoms with Gasteiger partial charge in [0.25, 0.3) is 0 Å². The standard InChI is InChI=1S/C13H26N2/c1-3-12(10-7-8-10)15(2)13-6-4-5-11(13)9-14/h10-13H,3-9,14H2,1-2H3. The van der Waals surface area contributed by atoms with Gasteiger partial charge in [0.05, 0.1) is 0 Å². The molecule has 2 aliphatic rings.